The summed E-state index contributed by atoms with van der Waals surface area (Å²) in [7, 11) is -3.52. The van der Waals surface area contributed by atoms with Gasteiger partial charge in [-0.3, -0.25) is 9.69 Å². The summed E-state index contributed by atoms with van der Waals surface area (Å²) in [5, 5.41) is -4.09. The first-order valence-electron chi connectivity index (χ1n) is 10.8. The zero-order valence-corrected chi connectivity index (χ0v) is 21.3. The van der Waals surface area contributed by atoms with Crippen molar-refractivity contribution < 1.29 is 31.5 Å². The van der Waals surface area contributed by atoms with Crippen LogP contribution in [0.15, 0.2) is 12.1 Å². The number of alkyl halides is 2. The zero-order chi connectivity index (χ0) is 26.3. The maximum absolute atomic E-state index is 15.1. The van der Waals surface area contributed by atoms with Crippen molar-refractivity contribution in [2.24, 2.45) is 11.5 Å². The van der Waals surface area contributed by atoms with Gasteiger partial charge in [-0.1, -0.05) is 0 Å². The number of hydrogen-bond donors (Lipinski definition) is 2. The zero-order valence-electron chi connectivity index (χ0n) is 20.4. The molecule has 9 nitrogen and oxygen atoms in total. The maximum atomic E-state index is 15.1. The van der Waals surface area contributed by atoms with Crippen molar-refractivity contribution >= 4 is 27.7 Å². The van der Waals surface area contributed by atoms with E-state index in [1.807, 2.05) is 0 Å². The summed E-state index contributed by atoms with van der Waals surface area (Å²) in [4.78, 5) is 25.1. The third kappa shape index (κ3) is 5.84. The van der Waals surface area contributed by atoms with Crippen molar-refractivity contribution in [3.8, 4) is 0 Å². The predicted octanol–water partition coefficient (Wildman–Crippen LogP) is 2.42. The predicted molar refractivity (Wildman–Crippen MR) is 125 cm³/mol. The van der Waals surface area contributed by atoms with E-state index in [2.05, 4.69) is 0 Å². The minimum absolute atomic E-state index is 0.138. The average Bonchev–Trinajstić information content (AvgIpc) is 2.68. The monoisotopic (exact) mass is 504 g/mol. The Hall–Kier alpha value is -2.31. The fourth-order valence-electron chi connectivity index (χ4n) is 3.74. The van der Waals surface area contributed by atoms with Crippen LogP contribution in [0.2, 0.25) is 0 Å². The molecule has 1 heterocycles. The van der Waals surface area contributed by atoms with E-state index in [1.54, 1.807) is 34.6 Å². The second-order valence-corrected chi connectivity index (χ2v) is 11.9. The Morgan fingerprint density at radius 3 is 2.03 bits per heavy atom. The van der Waals surface area contributed by atoms with Gasteiger partial charge in [-0.25, -0.2) is 13.2 Å². The molecule has 34 heavy (non-hydrogen) atoms. The van der Waals surface area contributed by atoms with Gasteiger partial charge < -0.3 is 16.2 Å². The lowest BCUT2D eigenvalue weighted by Gasteiger charge is -2.37. The minimum atomic E-state index is -5.02. The highest BCUT2D eigenvalue weighted by Crippen LogP contribution is 2.35. The number of nitrogens with zero attached hydrogens (tertiary/aromatic N) is 2. The van der Waals surface area contributed by atoms with Crippen molar-refractivity contribution in [3.63, 3.8) is 0 Å². The Kier molecular flexibility index (Phi) is 7.71. The molecule has 0 atom stereocenters. The molecule has 1 fully saturated rings. The molecule has 2 amide bonds. The maximum Gasteiger partial charge on any atom is 0.414 e. The largest absolute Gasteiger partial charge is 0.443 e. The Bertz CT molecular complexity index is 1040. The number of piperidine rings is 1. The van der Waals surface area contributed by atoms with Crippen LogP contribution in [0, 0.1) is 13.8 Å². The average molecular weight is 505 g/mol. The Balaban J connectivity index is 2.25. The van der Waals surface area contributed by atoms with Gasteiger partial charge in [0.05, 0.1) is 12.0 Å². The second kappa shape index (κ2) is 9.38. The van der Waals surface area contributed by atoms with Crippen molar-refractivity contribution in [3.05, 3.63) is 28.8 Å². The van der Waals surface area contributed by atoms with Crippen LogP contribution >= 0.6 is 0 Å². The molecule has 0 radical (unpaired) electrons. The number of carbonyl (C=O) groups excluding carboxylic acids is 2. The minimum Gasteiger partial charge on any atom is -0.443 e. The van der Waals surface area contributed by atoms with Crippen molar-refractivity contribution in [1.82, 2.24) is 4.31 Å². The molecule has 1 saturated heterocycles. The third-order valence-electron chi connectivity index (χ3n) is 5.94. The lowest BCUT2D eigenvalue weighted by molar-refractivity contribution is -0.124. The number of carbonyl (C=O) groups is 2. The number of amides is 2. The molecule has 0 aromatic heterocycles. The van der Waals surface area contributed by atoms with Crippen LogP contribution in [0.25, 0.3) is 0 Å². The van der Waals surface area contributed by atoms with Crippen LogP contribution in [-0.2, 0) is 26.0 Å². The number of ether oxygens (including phenoxy) is 1. The molecule has 4 N–H and O–H groups in total. The number of primary amides is 1. The third-order valence-corrected chi connectivity index (χ3v) is 7.88. The van der Waals surface area contributed by atoms with Crippen molar-refractivity contribution in [2.45, 2.75) is 70.3 Å². The molecule has 1 aromatic carbocycles. The molecule has 2 rings (SSSR count). The molecular formula is C22H34F2N4O5S. The molecule has 192 valence electrons. The topological polar surface area (TPSA) is 136 Å². The number of nitrogens with two attached hydrogens (primary N) is 2. The Morgan fingerprint density at radius 2 is 1.62 bits per heavy atom. The van der Waals surface area contributed by atoms with E-state index in [-0.39, 0.29) is 31.5 Å². The van der Waals surface area contributed by atoms with E-state index in [4.69, 9.17) is 16.2 Å². The van der Waals surface area contributed by atoms with Gasteiger partial charge in [-0.2, -0.15) is 13.1 Å². The highest BCUT2D eigenvalue weighted by molar-refractivity contribution is 7.90. The van der Waals surface area contributed by atoms with Gasteiger partial charge in [0.15, 0.2) is 0 Å². The van der Waals surface area contributed by atoms with Crippen LogP contribution in [0.1, 0.15) is 50.3 Å². The van der Waals surface area contributed by atoms with Crippen LogP contribution in [0.5, 0.6) is 0 Å². The number of rotatable bonds is 6. The van der Waals surface area contributed by atoms with E-state index in [9.17, 15) is 18.0 Å². The van der Waals surface area contributed by atoms with E-state index in [0.29, 0.717) is 21.1 Å². The van der Waals surface area contributed by atoms with Crippen LogP contribution < -0.4 is 16.4 Å². The number of hydrogen-bond acceptors (Lipinski definition) is 6. The molecule has 0 unspecified atom stereocenters. The highest BCUT2D eigenvalue weighted by Gasteiger charge is 2.51. The SMILES string of the molecule is Cc1cc(N(C)C(=O)OC(C)(C)C)cc(C)c1CC(F)(F)S(=O)(=O)N1CCC(N)(C(N)=O)CC1. The Morgan fingerprint density at radius 1 is 1.15 bits per heavy atom. The van der Waals surface area contributed by atoms with Gasteiger partial charge in [0, 0.05) is 25.8 Å². The molecule has 1 aliphatic heterocycles. The summed E-state index contributed by atoms with van der Waals surface area (Å²) >= 11 is 0. The van der Waals surface area contributed by atoms with Gasteiger partial charge in [0.25, 0.3) is 10.0 Å². The summed E-state index contributed by atoms with van der Waals surface area (Å²) in [6.45, 7) is 7.69. The standard InChI is InChI=1S/C22H34F2N4O5S/c1-14-11-16(27(6)19(30)33-20(3,4)5)12-15(2)17(14)13-22(23,24)34(31,32)28-9-7-21(26,8-10-28)18(25)29/h11-12H,7-10,13,26H2,1-6H3,(H2,25,29). The summed E-state index contributed by atoms with van der Waals surface area (Å²) in [6, 6.07) is 3.07. The number of anilines is 1. The first kappa shape index (κ1) is 27.9. The number of sulfonamides is 1. The number of aryl methyl sites for hydroxylation is 2. The van der Waals surface area contributed by atoms with E-state index < -0.39 is 44.8 Å². The van der Waals surface area contributed by atoms with E-state index >= 15 is 8.78 Å². The quantitative estimate of drug-likeness (QED) is 0.611. The van der Waals surface area contributed by atoms with Gasteiger partial charge in [-0.15, -0.1) is 0 Å². The molecule has 12 heteroatoms. The molecule has 1 aromatic rings. The van der Waals surface area contributed by atoms with Gasteiger partial charge in [0.1, 0.15) is 5.60 Å². The number of benzene rings is 1. The summed E-state index contributed by atoms with van der Waals surface area (Å²) in [6.07, 6.45) is -1.92. The van der Waals surface area contributed by atoms with E-state index in [0.717, 1.165) is 0 Å². The fourth-order valence-corrected chi connectivity index (χ4v) is 5.10. The first-order chi connectivity index (χ1) is 15.3. The Labute approximate surface area is 199 Å². The normalized spacial score (nSPS) is 17.3. The smallest absolute Gasteiger partial charge is 0.414 e. The molecular weight excluding hydrogens is 470 g/mol. The lowest BCUT2D eigenvalue weighted by Crippen LogP contribution is -2.60. The summed E-state index contributed by atoms with van der Waals surface area (Å²) in [5.74, 6) is -0.793. The van der Waals surface area contributed by atoms with Crippen LogP contribution in [-0.4, -0.2) is 61.3 Å². The molecule has 1 aliphatic rings. The molecule has 0 aliphatic carbocycles. The van der Waals surface area contributed by atoms with E-state index in [1.165, 1.54) is 24.1 Å². The highest BCUT2D eigenvalue weighted by atomic mass is 32.2. The van der Waals surface area contributed by atoms with Crippen molar-refractivity contribution in [2.75, 3.05) is 25.0 Å². The first-order valence-corrected chi connectivity index (χ1v) is 12.3. The van der Waals surface area contributed by atoms with Gasteiger partial charge in [-0.05, 0) is 76.3 Å². The van der Waals surface area contributed by atoms with Crippen molar-refractivity contribution in [1.29, 1.82) is 0 Å². The molecule has 0 spiro atoms. The summed E-state index contributed by atoms with van der Waals surface area (Å²) < 4.78 is 61.8. The molecule has 0 saturated carbocycles. The molecule has 0 bridgehead atoms. The lowest BCUT2D eigenvalue weighted by atomic mass is 9.89. The van der Waals surface area contributed by atoms with Crippen LogP contribution in [0.3, 0.4) is 0 Å². The van der Waals surface area contributed by atoms with Crippen LogP contribution in [0.4, 0.5) is 19.3 Å². The second-order valence-electron chi connectivity index (χ2n) is 9.84. The number of halogens is 2. The van der Waals surface area contributed by atoms with Gasteiger partial charge >= 0.3 is 11.3 Å². The summed E-state index contributed by atoms with van der Waals surface area (Å²) in [5.41, 5.74) is 10.4. The van der Waals surface area contributed by atoms with Gasteiger partial charge in [0.2, 0.25) is 5.91 Å². The fraction of sp³-hybridized carbons (Fsp3) is 0.636.